The Hall–Kier alpha value is -1.51. The van der Waals surface area contributed by atoms with Gasteiger partial charge in [0.1, 0.15) is 0 Å². The van der Waals surface area contributed by atoms with Crippen molar-refractivity contribution >= 4 is 11.7 Å². The molecular formula is C12H15NO2. The number of carboxylic acid groups (broad SMARTS) is 1. The quantitative estimate of drug-likeness (QED) is 0.819. The molecule has 0 spiro atoms. The number of benzene rings is 1. The number of carboxylic acids is 1. The van der Waals surface area contributed by atoms with Crippen LogP contribution in [0.3, 0.4) is 0 Å². The van der Waals surface area contributed by atoms with Gasteiger partial charge in [-0.15, -0.1) is 0 Å². The van der Waals surface area contributed by atoms with E-state index in [1.54, 1.807) is 0 Å². The lowest BCUT2D eigenvalue weighted by Gasteiger charge is -2.23. The Balaban J connectivity index is 2.15. The molecule has 0 aromatic heterocycles. The smallest absolute Gasteiger partial charge is 0.305 e. The third kappa shape index (κ3) is 1.96. The molecule has 0 bridgehead atoms. The summed E-state index contributed by atoms with van der Waals surface area (Å²) in [6.45, 7) is 2.75. The van der Waals surface area contributed by atoms with Gasteiger partial charge in [0.15, 0.2) is 0 Å². The highest BCUT2D eigenvalue weighted by atomic mass is 16.4. The van der Waals surface area contributed by atoms with Crippen molar-refractivity contribution in [2.45, 2.75) is 25.8 Å². The van der Waals surface area contributed by atoms with Crippen LogP contribution in [0.4, 0.5) is 5.69 Å². The summed E-state index contributed by atoms with van der Waals surface area (Å²) in [7, 11) is 0. The van der Waals surface area contributed by atoms with Gasteiger partial charge in [-0.05, 0) is 25.0 Å². The first kappa shape index (κ1) is 10.0. The van der Waals surface area contributed by atoms with Crippen molar-refractivity contribution in [2.24, 2.45) is 0 Å². The van der Waals surface area contributed by atoms with E-state index < -0.39 is 5.97 Å². The first-order valence-corrected chi connectivity index (χ1v) is 5.25. The van der Waals surface area contributed by atoms with Gasteiger partial charge in [-0.3, -0.25) is 4.79 Å². The predicted molar refractivity (Wildman–Crippen MR) is 59.2 cm³/mol. The molecule has 0 radical (unpaired) electrons. The van der Waals surface area contributed by atoms with E-state index in [1.807, 2.05) is 12.1 Å². The zero-order chi connectivity index (χ0) is 10.8. The summed E-state index contributed by atoms with van der Waals surface area (Å²) in [5.41, 5.74) is 2.53. The number of hydrogen-bond acceptors (Lipinski definition) is 2. The van der Waals surface area contributed by atoms with Crippen molar-refractivity contribution in [3.63, 3.8) is 0 Å². The summed E-state index contributed by atoms with van der Waals surface area (Å²) in [5, 5.41) is 8.68. The van der Waals surface area contributed by atoms with Crippen molar-refractivity contribution in [1.29, 1.82) is 0 Å². The summed E-state index contributed by atoms with van der Waals surface area (Å²) in [6, 6.07) is 8.64. The number of carbonyl (C=O) groups is 1. The van der Waals surface area contributed by atoms with Gasteiger partial charge in [-0.2, -0.15) is 0 Å². The number of para-hydroxylation sites is 1. The second-order valence-corrected chi connectivity index (χ2v) is 4.02. The minimum Gasteiger partial charge on any atom is -0.481 e. The van der Waals surface area contributed by atoms with Gasteiger partial charge in [0.25, 0.3) is 0 Å². The molecule has 1 unspecified atom stereocenters. The summed E-state index contributed by atoms with van der Waals surface area (Å²) >= 11 is 0. The molecule has 2 rings (SSSR count). The number of hydrogen-bond donors (Lipinski definition) is 1. The monoisotopic (exact) mass is 205 g/mol. The highest BCUT2D eigenvalue weighted by Crippen LogP contribution is 2.31. The Morgan fingerprint density at radius 1 is 1.53 bits per heavy atom. The van der Waals surface area contributed by atoms with Crippen molar-refractivity contribution in [3.8, 4) is 0 Å². The highest BCUT2D eigenvalue weighted by Gasteiger charge is 2.25. The van der Waals surface area contributed by atoms with Crippen LogP contribution in [0.25, 0.3) is 0 Å². The summed E-state index contributed by atoms with van der Waals surface area (Å²) < 4.78 is 0. The van der Waals surface area contributed by atoms with Crippen LogP contribution in [0, 0.1) is 0 Å². The highest BCUT2D eigenvalue weighted by molar-refractivity contribution is 5.68. The fourth-order valence-electron chi connectivity index (χ4n) is 2.19. The van der Waals surface area contributed by atoms with Gasteiger partial charge in [0.05, 0.1) is 6.42 Å². The number of aliphatic carboxylic acids is 1. The number of anilines is 1. The van der Waals surface area contributed by atoms with E-state index in [4.69, 9.17) is 5.11 Å². The zero-order valence-corrected chi connectivity index (χ0v) is 8.81. The topological polar surface area (TPSA) is 40.5 Å². The van der Waals surface area contributed by atoms with Crippen LogP contribution in [0.15, 0.2) is 24.3 Å². The number of nitrogens with zero attached hydrogens (tertiary/aromatic N) is 1. The van der Waals surface area contributed by atoms with Crippen LogP contribution in [0.5, 0.6) is 0 Å². The molecule has 1 aliphatic rings. The molecule has 1 heterocycles. The Kier molecular flexibility index (Phi) is 2.62. The minimum absolute atomic E-state index is 0.207. The van der Waals surface area contributed by atoms with Crippen LogP contribution in [-0.2, 0) is 11.2 Å². The standard InChI is InChI=1S/C12H15NO2/c1-9-8-10-4-2-3-5-11(10)13(9)7-6-12(14)15/h2-5,9H,6-8H2,1H3,(H,14,15). The van der Waals surface area contributed by atoms with Gasteiger partial charge < -0.3 is 10.0 Å². The third-order valence-electron chi connectivity index (χ3n) is 2.92. The van der Waals surface area contributed by atoms with Gasteiger partial charge in [0.2, 0.25) is 0 Å². The van der Waals surface area contributed by atoms with Gasteiger partial charge >= 0.3 is 5.97 Å². The van der Waals surface area contributed by atoms with Crippen LogP contribution < -0.4 is 4.90 Å². The molecule has 80 valence electrons. The molecule has 1 aliphatic heterocycles. The van der Waals surface area contributed by atoms with Crippen LogP contribution in [0.1, 0.15) is 18.9 Å². The van der Waals surface area contributed by atoms with E-state index in [0.29, 0.717) is 12.6 Å². The average molecular weight is 205 g/mol. The van der Waals surface area contributed by atoms with Crippen LogP contribution in [0.2, 0.25) is 0 Å². The molecule has 3 nitrogen and oxygen atoms in total. The normalized spacial score (nSPS) is 19.0. The maximum Gasteiger partial charge on any atom is 0.305 e. The molecular weight excluding hydrogens is 190 g/mol. The second kappa shape index (κ2) is 3.93. The molecule has 1 N–H and O–H groups in total. The molecule has 0 fully saturated rings. The van der Waals surface area contributed by atoms with E-state index in [1.165, 1.54) is 11.3 Å². The summed E-state index contributed by atoms with van der Waals surface area (Å²) in [4.78, 5) is 12.7. The lowest BCUT2D eigenvalue weighted by Crippen LogP contribution is -2.31. The van der Waals surface area contributed by atoms with Crippen molar-refractivity contribution in [1.82, 2.24) is 0 Å². The molecule has 0 amide bonds. The maximum atomic E-state index is 10.5. The van der Waals surface area contributed by atoms with E-state index in [2.05, 4.69) is 24.0 Å². The largest absolute Gasteiger partial charge is 0.481 e. The SMILES string of the molecule is CC1Cc2ccccc2N1CCC(=O)O. The van der Waals surface area contributed by atoms with Crippen LogP contribution >= 0.6 is 0 Å². The van der Waals surface area contributed by atoms with E-state index >= 15 is 0 Å². The Bertz CT molecular complexity index is 376. The Labute approximate surface area is 89.3 Å². The van der Waals surface area contributed by atoms with E-state index in [9.17, 15) is 4.79 Å². The lowest BCUT2D eigenvalue weighted by atomic mass is 10.1. The fraction of sp³-hybridized carbons (Fsp3) is 0.417. The first-order valence-electron chi connectivity index (χ1n) is 5.25. The minimum atomic E-state index is -0.730. The fourth-order valence-corrected chi connectivity index (χ4v) is 2.19. The van der Waals surface area contributed by atoms with E-state index in [-0.39, 0.29) is 6.42 Å². The summed E-state index contributed by atoms with van der Waals surface area (Å²) in [5.74, 6) is -0.730. The predicted octanol–water partition coefficient (Wildman–Crippen LogP) is 1.91. The third-order valence-corrected chi connectivity index (χ3v) is 2.92. The van der Waals surface area contributed by atoms with Crippen molar-refractivity contribution in [3.05, 3.63) is 29.8 Å². The van der Waals surface area contributed by atoms with Gasteiger partial charge in [-0.1, -0.05) is 18.2 Å². The van der Waals surface area contributed by atoms with Crippen LogP contribution in [-0.4, -0.2) is 23.7 Å². The Morgan fingerprint density at radius 3 is 3.00 bits per heavy atom. The first-order chi connectivity index (χ1) is 7.18. The van der Waals surface area contributed by atoms with Crippen molar-refractivity contribution in [2.75, 3.05) is 11.4 Å². The van der Waals surface area contributed by atoms with Gasteiger partial charge in [-0.25, -0.2) is 0 Å². The molecule has 15 heavy (non-hydrogen) atoms. The van der Waals surface area contributed by atoms with E-state index in [0.717, 1.165) is 6.42 Å². The Morgan fingerprint density at radius 2 is 2.27 bits per heavy atom. The second-order valence-electron chi connectivity index (χ2n) is 4.02. The number of fused-ring (bicyclic) bond motifs is 1. The molecule has 1 atom stereocenters. The molecule has 0 saturated carbocycles. The molecule has 3 heteroatoms. The van der Waals surface area contributed by atoms with Gasteiger partial charge in [0, 0.05) is 18.3 Å². The zero-order valence-electron chi connectivity index (χ0n) is 8.81. The maximum absolute atomic E-state index is 10.5. The molecule has 1 aromatic rings. The molecule has 0 aliphatic carbocycles. The molecule has 0 saturated heterocycles. The van der Waals surface area contributed by atoms with Crippen molar-refractivity contribution < 1.29 is 9.90 Å². The molecule has 1 aromatic carbocycles. The average Bonchev–Trinajstić information content (AvgIpc) is 2.50. The summed E-state index contributed by atoms with van der Waals surface area (Å²) in [6.07, 6.45) is 1.23. The lowest BCUT2D eigenvalue weighted by molar-refractivity contribution is -0.136. The number of rotatable bonds is 3.